The lowest BCUT2D eigenvalue weighted by atomic mass is 9.85. The van der Waals surface area contributed by atoms with Gasteiger partial charge in [0.05, 0.1) is 12.2 Å². The van der Waals surface area contributed by atoms with Gasteiger partial charge >= 0.3 is 0 Å². The van der Waals surface area contributed by atoms with E-state index in [4.69, 9.17) is 0 Å². The van der Waals surface area contributed by atoms with E-state index in [1.165, 1.54) is 0 Å². The smallest absolute Gasteiger partial charge is 0.224 e. The van der Waals surface area contributed by atoms with Crippen LogP contribution in [0.5, 0.6) is 0 Å². The van der Waals surface area contributed by atoms with E-state index in [1.807, 2.05) is 22.7 Å². The number of hydrogen-bond donors (Lipinski definition) is 1. The molecular formula is C20H32N4O2. The van der Waals surface area contributed by atoms with E-state index < -0.39 is 0 Å². The van der Waals surface area contributed by atoms with Crippen LogP contribution in [0.25, 0.3) is 0 Å². The first-order valence-corrected chi connectivity index (χ1v) is 10.0. The largest absolute Gasteiger partial charge is 0.354 e. The third kappa shape index (κ3) is 4.27. The molecule has 1 aliphatic carbocycles. The zero-order valence-electron chi connectivity index (χ0n) is 16.3. The van der Waals surface area contributed by atoms with E-state index in [0.29, 0.717) is 31.3 Å². The van der Waals surface area contributed by atoms with Crippen molar-refractivity contribution in [2.45, 2.75) is 65.5 Å². The van der Waals surface area contributed by atoms with Crippen molar-refractivity contribution in [3.8, 4) is 0 Å². The number of nitrogens with one attached hydrogen (secondary N) is 1. The van der Waals surface area contributed by atoms with Crippen molar-refractivity contribution in [2.75, 3.05) is 13.1 Å². The predicted molar refractivity (Wildman–Crippen MR) is 100 cm³/mol. The number of amides is 2. The maximum Gasteiger partial charge on any atom is 0.224 e. The number of aryl methyl sites for hydroxylation is 2. The molecule has 2 amide bonds. The van der Waals surface area contributed by atoms with Gasteiger partial charge in [-0.1, -0.05) is 20.3 Å². The van der Waals surface area contributed by atoms with Gasteiger partial charge in [0, 0.05) is 38.2 Å². The summed E-state index contributed by atoms with van der Waals surface area (Å²) in [6, 6.07) is 0.157. The maximum absolute atomic E-state index is 12.6. The van der Waals surface area contributed by atoms with Gasteiger partial charge in [0.2, 0.25) is 11.8 Å². The highest BCUT2D eigenvalue weighted by Gasteiger charge is 2.36. The molecule has 1 aromatic rings. The van der Waals surface area contributed by atoms with E-state index in [-0.39, 0.29) is 23.8 Å². The van der Waals surface area contributed by atoms with Crippen LogP contribution in [0.1, 0.15) is 51.5 Å². The number of hydrogen-bond acceptors (Lipinski definition) is 3. The first-order valence-electron chi connectivity index (χ1n) is 10.0. The Balaban J connectivity index is 1.42. The lowest BCUT2D eigenvalue weighted by molar-refractivity contribution is -0.140. The molecule has 1 N–H and O–H groups in total. The van der Waals surface area contributed by atoms with E-state index in [2.05, 4.69) is 24.3 Å². The number of nitrogens with zero attached hydrogens (tertiary/aromatic N) is 3. The fourth-order valence-corrected chi connectivity index (χ4v) is 4.39. The molecule has 26 heavy (non-hydrogen) atoms. The summed E-state index contributed by atoms with van der Waals surface area (Å²) < 4.78 is 1.82. The minimum absolute atomic E-state index is 0.155. The van der Waals surface area contributed by atoms with E-state index in [9.17, 15) is 9.59 Å². The lowest BCUT2D eigenvalue weighted by Gasteiger charge is -2.41. The summed E-state index contributed by atoms with van der Waals surface area (Å²) in [7, 11) is 0. The van der Waals surface area contributed by atoms with Crippen molar-refractivity contribution >= 4 is 11.8 Å². The van der Waals surface area contributed by atoms with Gasteiger partial charge < -0.3 is 10.2 Å². The van der Waals surface area contributed by atoms with Gasteiger partial charge in [-0.05, 0) is 43.6 Å². The van der Waals surface area contributed by atoms with Crippen molar-refractivity contribution < 1.29 is 9.59 Å². The Bertz CT molecular complexity index is 640. The summed E-state index contributed by atoms with van der Waals surface area (Å²) in [5, 5.41) is 7.35. The molecule has 1 unspecified atom stereocenters. The molecule has 1 saturated heterocycles. The van der Waals surface area contributed by atoms with Gasteiger partial charge in [0.15, 0.2) is 0 Å². The summed E-state index contributed by atoms with van der Waals surface area (Å²) in [5.41, 5.74) is 1.11. The average molecular weight is 361 g/mol. The van der Waals surface area contributed by atoms with Crippen molar-refractivity contribution in [3.05, 3.63) is 18.0 Å². The fourth-order valence-electron chi connectivity index (χ4n) is 4.39. The molecule has 2 heterocycles. The normalized spacial score (nSPS) is 25.4. The molecule has 2 aliphatic rings. The number of aromatic nitrogens is 2. The van der Waals surface area contributed by atoms with Gasteiger partial charge in [0.1, 0.15) is 0 Å². The Morgan fingerprint density at radius 2 is 2.12 bits per heavy atom. The van der Waals surface area contributed by atoms with Crippen LogP contribution in [-0.2, 0) is 16.1 Å². The van der Waals surface area contributed by atoms with E-state index >= 15 is 0 Å². The van der Waals surface area contributed by atoms with Gasteiger partial charge in [-0.15, -0.1) is 0 Å². The number of rotatable bonds is 7. The molecule has 6 heteroatoms. The molecule has 0 spiro atoms. The minimum atomic E-state index is 0.155. The quantitative estimate of drug-likeness (QED) is 0.812. The second-order valence-electron chi connectivity index (χ2n) is 8.25. The summed E-state index contributed by atoms with van der Waals surface area (Å²) >= 11 is 0. The number of likely N-dealkylation sites (tertiary alicyclic amines) is 1. The van der Waals surface area contributed by atoms with Crippen LogP contribution in [0.2, 0.25) is 0 Å². The summed E-state index contributed by atoms with van der Waals surface area (Å²) in [6.07, 6.45) is 8.52. The van der Waals surface area contributed by atoms with Crippen LogP contribution in [-0.4, -0.2) is 45.6 Å². The second-order valence-corrected chi connectivity index (χ2v) is 8.25. The lowest BCUT2D eigenvalue weighted by Crippen LogP contribution is -2.56. The topological polar surface area (TPSA) is 67.2 Å². The van der Waals surface area contributed by atoms with Crippen molar-refractivity contribution in [2.24, 2.45) is 17.8 Å². The van der Waals surface area contributed by atoms with Crippen molar-refractivity contribution in [3.63, 3.8) is 0 Å². The average Bonchev–Trinajstić information content (AvgIpc) is 3.20. The third-order valence-electron chi connectivity index (χ3n) is 6.06. The molecule has 6 nitrogen and oxygen atoms in total. The van der Waals surface area contributed by atoms with E-state index in [0.717, 1.165) is 37.8 Å². The second kappa shape index (κ2) is 8.23. The Morgan fingerprint density at radius 1 is 1.31 bits per heavy atom. The van der Waals surface area contributed by atoms with Crippen LogP contribution in [0.15, 0.2) is 12.4 Å². The Morgan fingerprint density at radius 3 is 2.73 bits per heavy atom. The highest BCUT2D eigenvalue weighted by Crippen LogP contribution is 2.36. The van der Waals surface area contributed by atoms with Gasteiger partial charge in [-0.2, -0.15) is 5.10 Å². The molecule has 3 rings (SSSR count). The zero-order valence-corrected chi connectivity index (χ0v) is 16.3. The summed E-state index contributed by atoms with van der Waals surface area (Å²) in [5.74, 6) is 1.56. The molecule has 0 aromatic carbocycles. The Hall–Kier alpha value is -1.85. The molecule has 1 saturated carbocycles. The number of carbonyl (C=O) groups is 2. The molecular weight excluding hydrogens is 328 g/mol. The van der Waals surface area contributed by atoms with Gasteiger partial charge in [0.25, 0.3) is 0 Å². The summed E-state index contributed by atoms with van der Waals surface area (Å²) in [6.45, 7) is 8.42. The van der Waals surface area contributed by atoms with Gasteiger partial charge in [-0.3, -0.25) is 14.3 Å². The van der Waals surface area contributed by atoms with Crippen LogP contribution >= 0.6 is 0 Å². The predicted octanol–water partition coefficient (Wildman–Crippen LogP) is 2.37. The molecule has 1 aromatic heterocycles. The number of carbonyl (C=O) groups excluding carboxylic acids is 2. The van der Waals surface area contributed by atoms with Crippen LogP contribution in [0, 0.1) is 24.7 Å². The molecule has 0 radical (unpaired) electrons. The zero-order chi connectivity index (χ0) is 18.7. The van der Waals surface area contributed by atoms with E-state index in [1.54, 1.807) is 6.20 Å². The summed E-state index contributed by atoms with van der Waals surface area (Å²) in [4.78, 5) is 26.9. The SMILES string of the molecule is Cc1cnn(CCC(=O)N2CCC2CNC(=O)[C@@H]2CCC[C@H]2C(C)C)c1. The molecule has 2 fully saturated rings. The Labute approximate surface area is 156 Å². The van der Waals surface area contributed by atoms with Crippen molar-refractivity contribution in [1.29, 1.82) is 0 Å². The maximum atomic E-state index is 12.6. The molecule has 144 valence electrons. The molecule has 3 atom stereocenters. The van der Waals surface area contributed by atoms with Crippen molar-refractivity contribution in [1.82, 2.24) is 20.0 Å². The fraction of sp³-hybridized carbons (Fsp3) is 0.750. The highest BCUT2D eigenvalue weighted by molar-refractivity contribution is 5.80. The van der Waals surface area contributed by atoms with Crippen LogP contribution in [0.3, 0.4) is 0 Å². The first kappa shape index (κ1) is 18.9. The standard InChI is InChI=1S/C20H32N4O2/c1-14(2)17-5-4-6-18(17)20(26)21-12-16-7-10-24(16)19(25)8-9-23-13-15(3)11-22-23/h11,13-14,16-18H,4-10,12H2,1-3H3,(H,21,26)/t16?,17-,18+/m0/s1. The molecule has 0 bridgehead atoms. The minimum Gasteiger partial charge on any atom is -0.354 e. The highest BCUT2D eigenvalue weighted by atomic mass is 16.2. The van der Waals surface area contributed by atoms with Gasteiger partial charge in [-0.25, -0.2) is 0 Å². The van der Waals surface area contributed by atoms with Crippen LogP contribution in [0.4, 0.5) is 0 Å². The first-order chi connectivity index (χ1) is 12.5. The Kier molecular flexibility index (Phi) is 5.99. The monoisotopic (exact) mass is 360 g/mol. The van der Waals surface area contributed by atoms with Crippen LogP contribution < -0.4 is 5.32 Å². The third-order valence-corrected chi connectivity index (χ3v) is 6.06. The molecule has 1 aliphatic heterocycles.